The molecule has 0 aromatic rings. The van der Waals surface area contributed by atoms with Crippen molar-refractivity contribution < 1.29 is 29.3 Å². The van der Waals surface area contributed by atoms with Crippen LogP contribution in [0.1, 0.15) is 27.2 Å². The van der Waals surface area contributed by atoms with E-state index in [2.05, 4.69) is 4.90 Å². The van der Waals surface area contributed by atoms with E-state index >= 15 is 0 Å². The van der Waals surface area contributed by atoms with Crippen molar-refractivity contribution in [2.75, 3.05) is 19.7 Å². The average Bonchev–Trinajstić information content (AvgIpc) is 3.06. The molecule has 0 radical (unpaired) electrons. The molecule has 2 N–H and O–H groups in total. The average molecular weight is 325 g/mol. The Hall–Kier alpha value is -1.44. The molecule has 128 valence electrons. The predicted molar refractivity (Wildman–Crippen MR) is 79.3 cm³/mol. The van der Waals surface area contributed by atoms with Gasteiger partial charge in [0, 0.05) is 13.1 Å². The van der Waals surface area contributed by atoms with E-state index in [4.69, 9.17) is 9.47 Å². The first-order valence-corrected chi connectivity index (χ1v) is 7.91. The standard InChI is InChI=1S/C16H23NO6/c1-9-13(18)23-11-5-7-17-6-4-10(12(11)17)8-22-14(19)16(3,21)15(9,2)20/h4,9,11-12,20-21H,5-8H2,1-3H3/t9?,11?,12-,15-,16-/m1/s1. The molecule has 0 bridgehead atoms. The first-order chi connectivity index (χ1) is 10.7. The molecule has 0 aromatic carbocycles. The number of cyclic esters (lactones) is 1. The van der Waals surface area contributed by atoms with E-state index < -0.39 is 29.1 Å². The highest BCUT2D eigenvalue weighted by Gasteiger charge is 2.56. The molecule has 23 heavy (non-hydrogen) atoms. The minimum absolute atomic E-state index is 0.0225. The zero-order valence-corrected chi connectivity index (χ0v) is 13.6. The van der Waals surface area contributed by atoms with E-state index in [9.17, 15) is 19.8 Å². The Morgan fingerprint density at radius 1 is 1.30 bits per heavy atom. The number of carbonyl (C=O) groups excluding carboxylic acids is 2. The zero-order chi connectivity index (χ0) is 17.0. The molecule has 3 aliphatic rings. The highest BCUT2D eigenvalue weighted by Crippen LogP contribution is 2.36. The molecule has 2 fully saturated rings. The number of nitrogens with zero attached hydrogens (tertiary/aromatic N) is 1. The number of esters is 2. The molecule has 3 rings (SSSR count). The Kier molecular flexibility index (Phi) is 3.78. The second-order valence-corrected chi connectivity index (χ2v) is 7.00. The maximum atomic E-state index is 12.4. The van der Waals surface area contributed by atoms with Crippen LogP contribution in [0.2, 0.25) is 0 Å². The number of aliphatic hydroxyl groups is 2. The van der Waals surface area contributed by atoms with Crippen LogP contribution in [-0.4, -0.2) is 70.1 Å². The van der Waals surface area contributed by atoms with E-state index in [1.807, 2.05) is 6.08 Å². The number of ether oxygens (including phenoxy) is 2. The molecule has 0 amide bonds. The van der Waals surface area contributed by atoms with Crippen molar-refractivity contribution in [3.8, 4) is 0 Å². The molecule has 2 unspecified atom stereocenters. The maximum absolute atomic E-state index is 12.4. The molecule has 5 atom stereocenters. The Bertz CT molecular complexity index is 567. The van der Waals surface area contributed by atoms with Crippen molar-refractivity contribution >= 4 is 11.9 Å². The van der Waals surface area contributed by atoms with Crippen LogP contribution in [-0.2, 0) is 19.1 Å². The van der Waals surface area contributed by atoms with E-state index in [1.165, 1.54) is 13.8 Å². The summed E-state index contributed by atoms with van der Waals surface area (Å²) in [6.45, 7) is 5.41. The molecule has 0 aliphatic carbocycles. The van der Waals surface area contributed by atoms with Crippen LogP contribution in [0.4, 0.5) is 0 Å². The molecule has 7 heteroatoms. The third-order valence-electron chi connectivity index (χ3n) is 5.63. The van der Waals surface area contributed by atoms with Crippen LogP contribution in [0.5, 0.6) is 0 Å². The molecule has 3 aliphatic heterocycles. The van der Waals surface area contributed by atoms with Crippen LogP contribution in [0.3, 0.4) is 0 Å². The van der Waals surface area contributed by atoms with Crippen molar-refractivity contribution in [1.82, 2.24) is 4.90 Å². The summed E-state index contributed by atoms with van der Waals surface area (Å²) >= 11 is 0. The van der Waals surface area contributed by atoms with Gasteiger partial charge in [-0.1, -0.05) is 6.08 Å². The van der Waals surface area contributed by atoms with Gasteiger partial charge >= 0.3 is 11.9 Å². The first-order valence-electron chi connectivity index (χ1n) is 7.91. The fraction of sp³-hybridized carbons (Fsp3) is 0.750. The van der Waals surface area contributed by atoms with E-state index in [0.29, 0.717) is 6.42 Å². The predicted octanol–water partition coefficient (Wildman–Crippen LogP) is -0.393. The third kappa shape index (κ3) is 2.38. The van der Waals surface area contributed by atoms with Gasteiger partial charge in [-0.05, 0) is 32.8 Å². The van der Waals surface area contributed by atoms with Gasteiger partial charge in [0.1, 0.15) is 18.3 Å². The van der Waals surface area contributed by atoms with E-state index in [1.54, 1.807) is 0 Å². The number of rotatable bonds is 0. The van der Waals surface area contributed by atoms with Gasteiger partial charge in [-0.3, -0.25) is 9.69 Å². The van der Waals surface area contributed by atoms with Gasteiger partial charge < -0.3 is 19.7 Å². The Balaban J connectivity index is 1.97. The lowest BCUT2D eigenvalue weighted by atomic mass is 9.76. The molecule has 7 nitrogen and oxygen atoms in total. The summed E-state index contributed by atoms with van der Waals surface area (Å²) in [5.41, 5.74) is -3.35. The summed E-state index contributed by atoms with van der Waals surface area (Å²) < 4.78 is 10.8. The zero-order valence-electron chi connectivity index (χ0n) is 13.6. The largest absolute Gasteiger partial charge is 0.460 e. The third-order valence-corrected chi connectivity index (χ3v) is 5.63. The minimum Gasteiger partial charge on any atom is -0.460 e. The highest BCUT2D eigenvalue weighted by molar-refractivity contribution is 5.83. The van der Waals surface area contributed by atoms with Crippen LogP contribution >= 0.6 is 0 Å². The normalized spacial score (nSPS) is 44.9. The lowest BCUT2D eigenvalue weighted by Crippen LogP contribution is -2.61. The lowest BCUT2D eigenvalue weighted by molar-refractivity contribution is -0.205. The molecule has 0 saturated carbocycles. The van der Waals surface area contributed by atoms with Gasteiger partial charge in [0.25, 0.3) is 0 Å². The van der Waals surface area contributed by atoms with Gasteiger partial charge in [-0.2, -0.15) is 0 Å². The van der Waals surface area contributed by atoms with E-state index in [-0.39, 0.29) is 18.8 Å². The SMILES string of the molecule is CC1C(=O)OC2CCN3CC=C(COC(=O)[C@@](C)(O)[C@]1(C)O)[C@H]23. The lowest BCUT2D eigenvalue weighted by Gasteiger charge is -2.39. The van der Waals surface area contributed by atoms with Gasteiger partial charge in [-0.15, -0.1) is 0 Å². The highest BCUT2D eigenvalue weighted by atomic mass is 16.6. The summed E-state index contributed by atoms with van der Waals surface area (Å²) in [7, 11) is 0. The van der Waals surface area contributed by atoms with Crippen LogP contribution < -0.4 is 0 Å². The van der Waals surface area contributed by atoms with Gasteiger partial charge in [-0.25, -0.2) is 4.79 Å². The van der Waals surface area contributed by atoms with Crippen molar-refractivity contribution in [3.63, 3.8) is 0 Å². The van der Waals surface area contributed by atoms with Crippen molar-refractivity contribution in [2.24, 2.45) is 5.92 Å². The Morgan fingerprint density at radius 3 is 2.70 bits per heavy atom. The van der Waals surface area contributed by atoms with Crippen molar-refractivity contribution in [3.05, 3.63) is 11.6 Å². The van der Waals surface area contributed by atoms with Gasteiger partial charge in [0.2, 0.25) is 0 Å². The Labute approximate surface area is 134 Å². The molecule has 2 saturated heterocycles. The van der Waals surface area contributed by atoms with Crippen molar-refractivity contribution in [1.29, 1.82) is 0 Å². The summed E-state index contributed by atoms with van der Waals surface area (Å²) in [5, 5.41) is 21.1. The monoisotopic (exact) mass is 325 g/mol. The second-order valence-electron chi connectivity index (χ2n) is 7.00. The number of hydrogen-bond donors (Lipinski definition) is 2. The first kappa shape index (κ1) is 16.4. The second kappa shape index (κ2) is 5.29. The quantitative estimate of drug-likeness (QED) is 0.462. The smallest absolute Gasteiger partial charge is 0.341 e. The Morgan fingerprint density at radius 2 is 2.00 bits per heavy atom. The number of hydrogen-bond acceptors (Lipinski definition) is 7. The van der Waals surface area contributed by atoms with Gasteiger partial charge in [0.05, 0.1) is 12.0 Å². The minimum atomic E-state index is -2.22. The fourth-order valence-electron chi connectivity index (χ4n) is 3.52. The van der Waals surface area contributed by atoms with Crippen LogP contribution in [0.15, 0.2) is 11.6 Å². The fourth-order valence-corrected chi connectivity index (χ4v) is 3.52. The summed E-state index contributed by atoms with van der Waals surface area (Å²) in [4.78, 5) is 26.9. The van der Waals surface area contributed by atoms with Crippen molar-refractivity contribution in [2.45, 2.75) is 50.5 Å². The number of carbonyl (C=O) groups is 2. The molecular formula is C16H23NO6. The summed E-state index contributed by atoms with van der Waals surface area (Å²) in [6, 6.07) is -0.0908. The topological polar surface area (TPSA) is 96.3 Å². The molecule has 0 aromatic heterocycles. The van der Waals surface area contributed by atoms with Gasteiger partial charge in [0.15, 0.2) is 5.60 Å². The van der Waals surface area contributed by atoms with Crippen LogP contribution in [0.25, 0.3) is 0 Å². The maximum Gasteiger partial charge on any atom is 0.341 e. The summed E-state index contributed by atoms with van der Waals surface area (Å²) in [5.74, 6) is -2.65. The van der Waals surface area contributed by atoms with Crippen LogP contribution in [0, 0.1) is 5.92 Å². The molecule has 0 spiro atoms. The van der Waals surface area contributed by atoms with E-state index in [0.717, 1.165) is 25.6 Å². The molecular weight excluding hydrogens is 302 g/mol. The summed E-state index contributed by atoms with van der Waals surface area (Å²) in [6.07, 6.45) is 2.34. The molecule has 3 heterocycles.